The topological polar surface area (TPSA) is 37.3 Å². The number of benzene rings is 2. The molecule has 5 heteroatoms. The minimum absolute atomic E-state index is 0.291. The van der Waals surface area contributed by atoms with Crippen LogP contribution < -0.4 is 0 Å². The molecule has 0 aliphatic carbocycles. The Morgan fingerprint density at radius 3 is 2.39 bits per heavy atom. The monoisotopic (exact) mass is 294 g/mol. The van der Waals surface area contributed by atoms with Gasteiger partial charge in [-0.1, -0.05) is 30.0 Å². The van der Waals surface area contributed by atoms with Gasteiger partial charge in [0.15, 0.2) is 0 Å². The van der Waals surface area contributed by atoms with Crippen LogP contribution in [0.5, 0.6) is 0 Å². The average Bonchev–Trinajstić information content (AvgIpc) is 2.35. The van der Waals surface area contributed by atoms with Gasteiger partial charge in [-0.05, 0) is 24.3 Å². The molecule has 0 aromatic heterocycles. The average molecular weight is 294 g/mol. The second kappa shape index (κ2) is 5.73. The zero-order valence-corrected chi connectivity index (χ0v) is 11.8. The van der Waals surface area contributed by atoms with Crippen molar-refractivity contribution >= 4 is 43.0 Å². The number of rotatable bonds is 3. The Bertz CT molecular complexity index is 597. The van der Waals surface area contributed by atoms with Crippen LogP contribution in [0.2, 0.25) is 0 Å². The molecule has 0 spiro atoms. The van der Waals surface area contributed by atoms with Gasteiger partial charge >= 0.3 is 5.97 Å². The van der Waals surface area contributed by atoms with Crippen molar-refractivity contribution in [2.75, 3.05) is 0 Å². The summed E-state index contributed by atoms with van der Waals surface area (Å²) in [5.74, 6) is -0.930. The quantitative estimate of drug-likeness (QED) is 0.746. The molecule has 18 heavy (non-hydrogen) atoms. The van der Waals surface area contributed by atoms with E-state index < -0.39 is 5.97 Å². The predicted octanol–water partition coefficient (Wildman–Crippen LogP) is 4.11. The van der Waals surface area contributed by atoms with Gasteiger partial charge in [0.1, 0.15) is 0 Å². The van der Waals surface area contributed by atoms with Gasteiger partial charge in [0.05, 0.1) is 5.56 Å². The molecule has 2 aromatic carbocycles. The first-order chi connectivity index (χ1) is 8.59. The van der Waals surface area contributed by atoms with Crippen LogP contribution in [0, 0.1) is 0 Å². The first-order valence-corrected chi connectivity index (χ1v) is 6.82. The highest BCUT2D eigenvalue weighted by Crippen LogP contribution is 2.36. The van der Waals surface area contributed by atoms with Crippen molar-refractivity contribution in [2.45, 2.75) is 19.6 Å². The van der Waals surface area contributed by atoms with Crippen LogP contribution >= 0.6 is 37.0 Å². The second-order valence-electron chi connectivity index (χ2n) is 3.53. The molecule has 0 unspecified atom stereocenters. The van der Waals surface area contributed by atoms with Crippen LogP contribution in [0.1, 0.15) is 10.4 Å². The molecule has 92 valence electrons. The Morgan fingerprint density at radius 1 is 1.00 bits per heavy atom. The Hall–Kier alpha value is -1.04. The molecule has 0 aliphatic heterocycles. The van der Waals surface area contributed by atoms with E-state index >= 15 is 0 Å². The SMILES string of the molecule is O=C(O)c1ccccc1Sc1cccc(S)c1S. The zero-order chi connectivity index (χ0) is 13.1. The maximum atomic E-state index is 11.1. The molecule has 0 radical (unpaired) electrons. The summed E-state index contributed by atoms with van der Waals surface area (Å²) in [7, 11) is 0. The third-order valence-corrected chi connectivity index (χ3v) is 4.63. The van der Waals surface area contributed by atoms with E-state index in [4.69, 9.17) is 5.11 Å². The lowest BCUT2D eigenvalue weighted by Crippen LogP contribution is -1.98. The fraction of sp³-hybridized carbons (Fsp3) is 0. The van der Waals surface area contributed by atoms with Gasteiger partial charge in [-0.2, -0.15) is 0 Å². The van der Waals surface area contributed by atoms with Crippen LogP contribution in [-0.4, -0.2) is 11.1 Å². The first-order valence-electron chi connectivity index (χ1n) is 5.10. The molecule has 0 fully saturated rings. The Kier molecular flexibility index (Phi) is 4.27. The van der Waals surface area contributed by atoms with Gasteiger partial charge in [0.25, 0.3) is 0 Å². The normalized spacial score (nSPS) is 10.3. The van der Waals surface area contributed by atoms with E-state index in [0.29, 0.717) is 10.5 Å². The van der Waals surface area contributed by atoms with Crippen LogP contribution in [0.4, 0.5) is 0 Å². The smallest absolute Gasteiger partial charge is 0.336 e. The molecule has 2 aromatic rings. The summed E-state index contributed by atoms with van der Waals surface area (Å²) in [6, 6.07) is 12.5. The van der Waals surface area contributed by atoms with E-state index in [9.17, 15) is 4.79 Å². The summed E-state index contributed by atoms with van der Waals surface area (Å²) in [5, 5.41) is 9.12. The fourth-order valence-electron chi connectivity index (χ4n) is 1.44. The van der Waals surface area contributed by atoms with Crippen molar-refractivity contribution in [3.05, 3.63) is 48.0 Å². The molecular formula is C13H10O2S3. The van der Waals surface area contributed by atoms with Crippen LogP contribution in [0.15, 0.2) is 62.0 Å². The Morgan fingerprint density at radius 2 is 1.67 bits per heavy atom. The van der Waals surface area contributed by atoms with Gasteiger partial charge in [0, 0.05) is 19.6 Å². The van der Waals surface area contributed by atoms with E-state index in [1.165, 1.54) is 11.8 Å². The largest absolute Gasteiger partial charge is 0.478 e. The standard InChI is InChI=1S/C13H10O2S3/c14-13(15)8-4-1-2-6-10(8)18-11-7-3-5-9(16)12(11)17/h1-7,16-17H,(H,14,15). The summed E-state index contributed by atoms with van der Waals surface area (Å²) in [6.07, 6.45) is 0. The van der Waals surface area contributed by atoms with Crippen LogP contribution in [0.3, 0.4) is 0 Å². The van der Waals surface area contributed by atoms with Crippen molar-refractivity contribution < 1.29 is 9.90 Å². The maximum Gasteiger partial charge on any atom is 0.336 e. The zero-order valence-electron chi connectivity index (χ0n) is 9.20. The lowest BCUT2D eigenvalue weighted by molar-refractivity contribution is 0.0693. The molecule has 0 atom stereocenters. The van der Waals surface area contributed by atoms with Crippen molar-refractivity contribution in [3.63, 3.8) is 0 Å². The van der Waals surface area contributed by atoms with E-state index in [0.717, 1.165) is 14.7 Å². The summed E-state index contributed by atoms with van der Waals surface area (Å²) in [6.45, 7) is 0. The summed E-state index contributed by atoms with van der Waals surface area (Å²) >= 11 is 10.1. The Balaban J connectivity index is 2.40. The lowest BCUT2D eigenvalue weighted by Gasteiger charge is -2.08. The first kappa shape index (κ1) is 13.4. The summed E-state index contributed by atoms with van der Waals surface area (Å²) in [5.41, 5.74) is 0.291. The summed E-state index contributed by atoms with van der Waals surface area (Å²) in [4.78, 5) is 14.2. The van der Waals surface area contributed by atoms with Gasteiger partial charge in [-0.15, -0.1) is 25.3 Å². The number of hydrogen-bond acceptors (Lipinski definition) is 4. The minimum Gasteiger partial charge on any atom is -0.478 e. The van der Waals surface area contributed by atoms with Gasteiger partial charge in [0.2, 0.25) is 0 Å². The van der Waals surface area contributed by atoms with Crippen molar-refractivity contribution in [2.24, 2.45) is 0 Å². The number of carboxylic acid groups (broad SMARTS) is 1. The highest BCUT2D eigenvalue weighted by molar-refractivity contribution is 8.00. The molecular weight excluding hydrogens is 284 g/mol. The molecule has 2 rings (SSSR count). The van der Waals surface area contributed by atoms with Gasteiger partial charge in [-0.25, -0.2) is 4.79 Å². The number of aromatic carboxylic acids is 1. The number of hydrogen-bond donors (Lipinski definition) is 3. The molecule has 0 saturated carbocycles. The van der Waals surface area contributed by atoms with Crippen LogP contribution in [-0.2, 0) is 0 Å². The van der Waals surface area contributed by atoms with Crippen LogP contribution in [0.25, 0.3) is 0 Å². The molecule has 0 amide bonds. The number of thiol groups is 2. The van der Waals surface area contributed by atoms with Crippen molar-refractivity contribution in [1.82, 2.24) is 0 Å². The Labute approximate surface area is 120 Å². The van der Waals surface area contributed by atoms with Gasteiger partial charge in [-0.3, -0.25) is 0 Å². The fourth-order valence-corrected chi connectivity index (χ4v) is 3.01. The number of carbonyl (C=O) groups is 1. The van der Waals surface area contributed by atoms with Gasteiger partial charge < -0.3 is 5.11 Å². The van der Waals surface area contributed by atoms with E-state index in [-0.39, 0.29) is 0 Å². The second-order valence-corrected chi connectivity index (χ2v) is 5.54. The highest BCUT2D eigenvalue weighted by atomic mass is 32.2. The molecule has 2 nitrogen and oxygen atoms in total. The third-order valence-electron chi connectivity index (χ3n) is 2.32. The molecule has 0 aliphatic rings. The highest BCUT2D eigenvalue weighted by Gasteiger charge is 2.12. The lowest BCUT2D eigenvalue weighted by atomic mass is 10.2. The summed E-state index contributed by atoms with van der Waals surface area (Å²) < 4.78 is 0. The molecule has 0 saturated heterocycles. The van der Waals surface area contributed by atoms with E-state index in [2.05, 4.69) is 25.3 Å². The molecule has 1 N–H and O–H groups in total. The van der Waals surface area contributed by atoms with Crippen molar-refractivity contribution in [3.8, 4) is 0 Å². The van der Waals surface area contributed by atoms with E-state index in [1.54, 1.807) is 18.2 Å². The third kappa shape index (κ3) is 2.85. The maximum absolute atomic E-state index is 11.1. The molecule has 0 heterocycles. The predicted molar refractivity (Wildman–Crippen MR) is 78.5 cm³/mol. The minimum atomic E-state index is -0.930. The van der Waals surface area contributed by atoms with E-state index in [1.807, 2.05) is 24.3 Å². The number of carboxylic acids is 1. The molecule has 0 bridgehead atoms. The van der Waals surface area contributed by atoms with Crippen molar-refractivity contribution in [1.29, 1.82) is 0 Å².